The predicted molar refractivity (Wildman–Crippen MR) is 207 cm³/mol. The van der Waals surface area contributed by atoms with Gasteiger partial charge in [-0.3, -0.25) is 4.98 Å². The van der Waals surface area contributed by atoms with Crippen molar-refractivity contribution in [2.24, 2.45) is 0 Å². The molecule has 0 N–H and O–H groups in total. The van der Waals surface area contributed by atoms with Gasteiger partial charge in [0.1, 0.15) is 0 Å². The van der Waals surface area contributed by atoms with Gasteiger partial charge in [-0.25, -0.2) is 15.0 Å². The minimum Gasteiger partial charge on any atom is -0.256 e. The number of rotatable bonds is 4. The standard InChI is InChI=1S/C46H30N4/c1-6-16-36-29(11-1)25-26-47-43(36)30-21-23-31(24-22-30)44-48-45(41-27-32-12-2-4-14-34(32)37-17-7-9-19-39(37)41)50-46(49-44)42-28-33-13-3-5-15-35(33)38-18-8-10-20-40(38)42/h2-10,12-28H,1,11H2. The maximum absolute atomic E-state index is 5.29. The summed E-state index contributed by atoms with van der Waals surface area (Å²) in [7, 11) is 0. The summed E-state index contributed by atoms with van der Waals surface area (Å²) in [5.74, 6) is 1.93. The van der Waals surface area contributed by atoms with Crippen molar-refractivity contribution >= 4 is 49.2 Å². The summed E-state index contributed by atoms with van der Waals surface area (Å²) in [5.41, 5.74) is 7.53. The molecule has 0 amide bonds. The number of aromatic nitrogens is 4. The van der Waals surface area contributed by atoms with Gasteiger partial charge in [0.05, 0.1) is 5.69 Å². The Bertz CT molecular complexity index is 2680. The van der Waals surface area contributed by atoms with Gasteiger partial charge in [-0.05, 0) is 79.7 Å². The molecule has 9 aromatic rings. The Kier molecular flexibility index (Phi) is 6.59. The maximum atomic E-state index is 5.29. The summed E-state index contributed by atoms with van der Waals surface area (Å²) in [4.78, 5) is 20.5. The van der Waals surface area contributed by atoms with Gasteiger partial charge in [0.25, 0.3) is 0 Å². The van der Waals surface area contributed by atoms with Gasteiger partial charge in [-0.2, -0.15) is 0 Å². The predicted octanol–water partition coefficient (Wildman–Crippen LogP) is 11.5. The number of benzene rings is 7. The van der Waals surface area contributed by atoms with Crippen LogP contribution in [0.2, 0.25) is 0 Å². The highest BCUT2D eigenvalue weighted by atomic mass is 15.0. The van der Waals surface area contributed by atoms with Crippen molar-refractivity contribution in [1.29, 1.82) is 0 Å². The molecular formula is C46H30N4. The molecule has 1 aliphatic carbocycles. The highest BCUT2D eigenvalue weighted by Crippen LogP contribution is 2.38. The van der Waals surface area contributed by atoms with E-state index in [9.17, 15) is 0 Å². The number of hydrogen-bond acceptors (Lipinski definition) is 4. The Balaban J connectivity index is 1.21. The second-order valence-electron chi connectivity index (χ2n) is 12.9. The fourth-order valence-electron chi connectivity index (χ4n) is 7.59. The van der Waals surface area contributed by atoms with E-state index in [-0.39, 0.29) is 0 Å². The molecule has 4 heteroatoms. The maximum Gasteiger partial charge on any atom is 0.164 e. The van der Waals surface area contributed by atoms with Crippen molar-refractivity contribution in [1.82, 2.24) is 19.9 Å². The summed E-state index contributed by atoms with van der Waals surface area (Å²) in [6.07, 6.45) is 8.48. The van der Waals surface area contributed by atoms with Crippen LogP contribution in [0.15, 0.2) is 152 Å². The number of hydrogen-bond donors (Lipinski definition) is 0. The summed E-state index contributed by atoms with van der Waals surface area (Å²) < 4.78 is 0. The van der Waals surface area contributed by atoms with Gasteiger partial charge < -0.3 is 0 Å². The summed E-state index contributed by atoms with van der Waals surface area (Å²) in [5, 5.41) is 9.31. The highest BCUT2D eigenvalue weighted by molar-refractivity contribution is 6.14. The number of allylic oxidation sites excluding steroid dienone is 1. The summed E-state index contributed by atoms with van der Waals surface area (Å²) >= 11 is 0. The van der Waals surface area contributed by atoms with E-state index in [1.54, 1.807) is 0 Å². The van der Waals surface area contributed by atoms with Gasteiger partial charge in [-0.15, -0.1) is 0 Å². The molecule has 0 saturated heterocycles. The average molecular weight is 639 g/mol. The van der Waals surface area contributed by atoms with E-state index in [2.05, 4.69) is 152 Å². The van der Waals surface area contributed by atoms with Gasteiger partial charge in [0.2, 0.25) is 0 Å². The van der Waals surface area contributed by atoms with Gasteiger partial charge in [-0.1, -0.05) is 133 Å². The molecule has 0 saturated carbocycles. The minimum atomic E-state index is 0.633. The van der Waals surface area contributed by atoms with Crippen molar-refractivity contribution < 1.29 is 0 Å². The molecule has 0 aliphatic heterocycles. The van der Waals surface area contributed by atoms with Crippen LogP contribution < -0.4 is 0 Å². The Labute approximate surface area is 289 Å². The molecule has 234 valence electrons. The fourth-order valence-corrected chi connectivity index (χ4v) is 7.59. The van der Waals surface area contributed by atoms with E-state index in [4.69, 9.17) is 19.9 Å². The van der Waals surface area contributed by atoms with Crippen LogP contribution in [0, 0.1) is 0 Å². The van der Waals surface area contributed by atoms with Crippen molar-refractivity contribution in [3.05, 3.63) is 163 Å². The molecule has 2 heterocycles. The Morgan fingerprint density at radius 1 is 0.440 bits per heavy atom. The van der Waals surface area contributed by atoms with Crippen LogP contribution in [0.25, 0.3) is 94.6 Å². The lowest BCUT2D eigenvalue weighted by atomic mass is 9.94. The highest BCUT2D eigenvalue weighted by Gasteiger charge is 2.19. The van der Waals surface area contributed by atoms with Crippen LogP contribution in [0.5, 0.6) is 0 Å². The van der Waals surface area contributed by atoms with Crippen LogP contribution in [0.4, 0.5) is 0 Å². The molecule has 0 atom stereocenters. The number of nitrogens with zero attached hydrogens (tertiary/aromatic N) is 4. The lowest BCUT2D eigenvalue weighted by Crippen LogP contribution is -2.02. The van der Waals surface area contributed by atoms with Crippen molar-refractivity contribution in [2.45, 2.75) is 12.8 Å². The first-order valence-corrected chi connectivity index (χ1v) is 17.1. The van der Waals surface area contributed by atoms with Gasteiger partial charge in [0.15, 0.2) is 17.5 Å². The zero-order valence-corrected chi connectivity index (χ0v) is 27.2. The van der Waals surface area contributed by atoms with Crippen molar-refractivity contribution in [3.8, 4) is 45.4 Å². The van der Waals surface area contributed by atoms with Crippen molar-refractivity contribution in [3.63, 3.8) is 0 Å². The van der Waals surface area contributed by atoms with Crippen LogP contribution in [0.3, 0.4) is 0 Å². The normalized spacial score (nSPS) is 12.6. The smallest absolute Gasteiger partial charge is 0.164 e. The zero-order valence-electron chi connectivity index (χ0n) is 27.2. The molecule has 0 bridgehead atoms. The monoisotopic (exact) mass is 638 g/mol. The number of fused-ring (bicyclic) bond motifs is 7. The lowest BCUT2D eigenvalue weighted by Gasteiger charge is -2.15. The summed E-state index contributed by atoms with van der Waals surface area (Å²) in [6.45, 7) is 0. The fraction of sp³-hybridized carbons (Fsp3) is 0.0435. The molecule has 10 rings (SSSR count). The second kappa shape index (κ2) is 11.6. The quantitative estimate of drug-likeness (QED) is 0.180. The molecule has 2 aromatic heterocycles. The van der Waals surface area contributed by atoms with Gasteiger partial charge in [0, 0.05) is 34.0 Å². The molecule has 7 aromatic carbocycles. The molecule has 4 nitrogen and oxygen atoms in total. The van der Waals surface area contributed by atoms with Crippen LogP contribution in [0.1, 0.15) is 17.5 Å². The van der Waals surface area contributed by atoms with Crippen LogP contribution in [-0.2, 0) is 6.42 Å². The SMILES string of the molecule is C1=Cc2c(ccnc2-c2ccc(-c3nc(-c4cc5ccccc5c5ccccc45)nc(-c4cc5ccccc5c5ccccc45)n3)cc2)CC1. The largest absolute Gasteiger partial charge is 0.256 e. The first kappa shape index (κ1) is 28.5. The van der Waals surface area contributed by atoms with E-state index < -0.39 is 0 Å². The van der Waals surface area contributed by atoms with Crippen LogP contribution in [-0.4, -0.2) is 19.9 Å². The van der Waals surface area contributed by atoms with E-state index in [1.165, 1.54) is 32.7 Å². The third-order valence-electron chi connectivity index (χ3n) is 10.0. The molecule has 1 aliphatic rings. The third-order valence-corrected chi connectivity index (χ3v) is 10.0. The van der Waals surface area contributed by atoms with E-state index in [0.717, 1.165) is 62.3 Å². The number of pyridine rings is 1. The molecule has 50 heavy (non-hydrogen) atoms. The second-order valence-corrected chi connectivity index (χ2v) is 12.9. The van der Waals surface area contributed by atoms with Crippen LogP contribution >= 0.6 is 0 Å². The lowest BCUT2D eigenvalue weighted by molar-refractivity contribution is 0.978. The molecule has 0 radical (unpaired) electrons. The Hall–Kier alpha value is -6.52. The minimum absolute atomic E-state index is 0.633. The number of aryl methyl sites for hydroxylation is 1. The molecule has 0 spiro atoms. The third kappa shape index (κ3) is 4.68. The molecule has 0 unspecified atom stereocenters. The van der Waals surface area contributed by atoms with Crippen molar-refractivity contribution in [2.75, 3.05) is 0 Å². The van der Waals surface area contributed by atoms with E-state index in [1.807, 2.05) is 6.20 Å². The molecular weight excluding hydrogens is 609 g/mol. The Morgan fingerprint density at radius 2 is 0.940 bits per heavy atom. The van der Waals surface area contributed by atoms with Gasteiger partial charge >= 0.3 is 0 Å². The molecule has 0 fully saturated rings. The Morgan fingerprint density at radius 3 is 1.54 bits per heavy atom. The average Bonchev–Trinajstić information content (AvgIpc) is 3.20. The topological polar surface area (TPSA) is 51.6 Å². The first-order valence-electron chi connectivity index (χ1n) is 17.1. The first-order chi connectivity index (χ1) is 24.8. The zero-order chi connectivity index (χ0) is 33.0. The van der Waals surface area contributed by atoms with E-state index in [0.29, 0.717) is 17.5 Å². The summed E-state index contributed by atoms with van der Waals surface area (Å²) in [6, 6.07) is 49.2. The van der Waals surface area contributed by atoms with E-state index >= 15 is 0 Å².